The molecule has 0 fully saturated rings. The molecule has 2 aromatic carbocycles. The number of aromatic carboxylic acids is 1. The smallest absolute Gasteiger partial charge is 0.335 e. The molecule has 2 aromatic heterocycles. The lowest BCUT2D eigenvalue weighted by Crippen LogP contribution is -2.40. The van der Waals surface area contributed by atoms with E-state index in [9.17, 15) is 19.5 Å². The van der Waals surface area contributed by atoms with Gasteiger partial charge in [0.15, 0.2) is 0 Å². The minimum Gasteiger partial charge on any atom is -0.478 e. The van der Waals surface area contributed by atoms with E-state index in [1.807, 2.05) is 30.3 Å². The molecule has 4 rings (SSSR count). The zero-order valence-electron chi connectivity index (χ0n) is 15.4. The van der Waals surface area contributed by atoms with Crippen molar-refractivity contribution in [2.24, 2.45) is 0 Å². The van der Waals surface area contributed by atoms with Gasteiger partial charge in [0.1, 0.15) is 0 Å². The third-order valence-corrected chi connectivity index (χ3v) is 4.75. The minimum absolute atomic E-state index is 0.00466. The number of benzene rings is 2. The van der Waals surface area contributed by atoms with Crippen LogP contribution in [0.3, 0.4) is 0 Å². The third kappa shape index (κ3) is 3.58. The Balaban J connectivity index is 1.97. The van der Waals surface area contributed by atoms with Gasteiger partial charge in [0.2, 0.25) is 0 Å². The number of carbonyl (C=O) groups is 1. The van der Waals surface area contributed by atoms with Crippen molar-refractivity contribution in [1.82, 2.24) is 14.1 Å². The number of fused-ring (bicyclic) bond motifs is 1. The Labute approximate surface area is 165 Å². The molecule has 0 aliphatic rings. The summed E-state index contributed by atoms with van der Waals surface area (Å²) in [5.74, 6) is -1.13. The lowest BCUT2D eigenvalue weighted by molar-refractivity contribution is 0.0697. The van der Waals surface area contributed by atoms with Crippen LogP contribution in [-0.2, 0) is 13.1 Å². The van der Waals surface area contributed by atoms with E-state index in [0.717, 1.165) is 15.7 Å². The Hall–Kier alpha value is -4.00. The summed E-state index contributed by atoms with van der Waals surface area (Å²) >= 11 is 0. The molecule has 7 nitrogen and oxygen atoms in total. The van der Waals surface area contributed by atoms with Gasteiger partial charge in [0.25, 0.3) is 5.56 Å². The highest BCUT2D eigenvalue weighted by molar-refractivity contribution is 5.93. The minimum atomic E-state index is -1.13. The predicted molar refractivity (Wildman–Crippen MR) is 108 cm³/mol. The van der Waals surface area contributed by atoms with Gasteiger partial charge >= 0.3 is 11.7 Å². The molecule has 1 N–H and O–H groups in total. The van der Waals surface area contributed by atoms with Crippen LogP contribution >= 0.6 is 0 Å². The van der Waals surface area contributed by atoms with Crippen LogP contribution in [0.2, 0.25) is 0 Å². The van der Waals surface area contributed by atoms with Crippen LogP contribution in [0.1, 0.15) is 21.5 Å². The highest BCUT2D eigenvalue weighted by Crippen LogP contribution is 2.14. The largest absolute Gasteiger partial charge is 0.478 e. The Kier molecular flexibility index (Phi) is 4.78. The summed E-state index contributed by atoms with van der Waals surface area (Å²) < 4.78 is 2.63. The lowest BCUT2D eigenvalue weighted by atomic mass is 10.1. The number of hydrogen-bond acceptors (Lipinski definition) is 4. The first kappa shape index (κ1) is 18.4. The number of nitrogens with zero attached hydrogens (tertiary/aromatic N) is 3. The second-order valence-electron chi connectivity index (χ2n) is 6.64. The Bertz CT molecular complexity index is 1310. The molecular formula is C22H17N3O4. The number of carboxylic acids is 1. The molecule has 0 bridgehead atoms. The molecule has 0 saturated carbocycles. The number of rotatable bonds is 5. The molecule has 0 amide bonds. The van der Waals surface area contributed by atoms with Crippen molar-refractivity contribution in [3.63, 3.8) is 0 Å². The van der Waals surface area contributed by atoms with E-state index in [4.69, 9.17) is 0 Å². The first-order valence-electron chi connectivity index (χ1n) is 8.98. The average molecular weight is 387 g/mol. The van der Waals surface area contributed by atoms with Crippen LogP contribution in [0.25, 0.3) is 10.9 Å². The number of pyridine rings is 1. The standard InChI is InChI=1S/C22H17N3O4/c26-20-18-12-17(21(27)28)6-7-19(18)24(13-15-4-2-1-3-5-15)22(29)25(20)14-16-8-10-23-11-9-16/h1-12H,13-14H2,(H,27,28). The van der Waals surface area contributed by atoms with E-state index in [2.05, 4.69) is 4.98 Å². The maximum absolute atomic E-state index is 13.2. The summed E-state index contributed by atoms with van der Waals surface area (Å²) in [5, 5.41) is 9.50. The van der Waals surface area contributed by atoms with Crippen molar-refractivity contribution < 1.29 is 9.90 Å². The average Bonchev–Trinajstić information content (AvgIpc) is 2.75. The monoisotopic (exact) mass is 387 g/mol. The first-order valence-corrected chi connectivity index (χ1v) is 8.98. The van der Waals surface area contributed by atoms with Crippen LogP contribution in [-0.4, -0.2) is 25.2 Å². The van der Waals surface area contributed by atoms with E-state index < -0.39 is 17.2 Å². The fourth-order valence-electron chi connectivity index (χ4n) is 3.29. The summed E-state index contributed by atoms with van der Waals surface area (Å²) in [7, 11) is 0. The van der Waals surface area contributed by atoms with Gasteiger partial charge in [-0.25, -0.2) is 9.59 Å². The van der Waals surface area contributed by atoms with Crippen LogP contribution in [0.15, 0.2) is 82.6 Å². The zero-order valence-corrected chi connectivity index (χ0v) is 15.4. The Morgan fingerprint density at radius 2 is 1.52 bits per heavy atom. The van der Waals surface area contributed by atoms with Gasteiger partial charge in [0.05, 0.1) is 29.6 Å². The van der Waals surface area contributed by atoms with E-state index in [1.54, 1.807) is 24.5 Å². The third-order valence-electron chi connectivity index (χ3n) is 4.75. The molecule has 4 aromatic rings. The molecule has 0 atom stereocenters. The quantitative estimate of drug-likeness (QED) is 0.567. The summed E-state index contributed by atoms with van der Waals surface area (Å²) in [6.45, 7) is 0.335. The van der Waals surface area contributed by atoms with Gasteiger partial charge < -0.3 is 5.11 Å². The van der Waals surface area contributed by atoms with E-state index in [1.165, 1.54) is 22.8 Å². The normalized spacial score (nSPS) is 10.9. The molecule has 0 spiro atoms. The number of hydrogen-bond donors (Lipinski definition) is 1. The van der Waals surface area contributed by atoms with Gasteiger partial charge in [-0.05, 0) is 41.5 Å². The van der Waals surface area contributed by atoms with E-state index >= 15 is 0 Å². The SMILES string of the molecule is O=C(O)c1ccc2c(c1)c(=O)n(Cc1ccncc1)c(=O)n2Cc1ccccc1. The molecule has 2 heterocycles. The van der Waals surface area contributed by atoms with E-state index in [-0.39, 0.29) is 24.0 Å². The molecule has 0 saturated heterocycles. The van der Waals surface area contributed by atoms with Gasteiger partial charge in [-0.15, -0.1) is 0 Å². The molecule has 0 aliphatic carbocycles. The number of aromatic nitrogens is 3. The molecule has 144 valence electrons. The summed E-state index contributed by atoms with van der Waals surface area (Å²) in [5.41, 5.74) is 1.07. The molecular weight excluding hydrogens is 370 g/mol. The maximum atomic E-state index is 13.2. The molecule has 29 heavy (non-hydrogen) atoms. The van der Waals surface area contributed by atoms with Crippen LogP contribution in [0, 0.1) is 0 Å². The topological polar surface area (TPSA) is 94.2 Å². The fraction of sp³-hybridized carbons (Fsp3) is 0.0909. The van der Waals surface area contributed by atoms with Gasteiger partial charge in [-0.2, -0.15) is 0 Å². The molecule has 0 aliphatic heterocycles. The van der Waals surface area contributed by atoms with Crippen molar-refractivity contribution >= 4 is 16.9 Å². The molecule has 0 unspecified atom stereocenters. The van der Waals surface area contributed by atoms with Crippen molar-refractivity contribution in [2.75, 3.05) is 0 Å². The summed E-state index contributed by atoms with van der Waals surface area (Å²) in [6.07, 6.45) is 3.18. The highest BCUT2D eigenvalue weighted by Gasteiger charge is 2.16. The second kappa shape index (κ2) is 7.55. The Morgan fingerprint density at radius 3 is 2.21 bits per heavy atom. The number of carboxylic acid groups (broad SMARTS) is 1. The van der Waals surface area contributed by atoms with Crippen molar-refractivity contribution in [1.29, 1.82) is 0 Å². The van der Waals surface area contributed by atoms with Crippen LogP contribution in [0.5, 0.6) is 0 Å². The Morgan fingerprint density at radius 1 is 0.862 bits per heavy atom. The fourth-order valence-corrected chi connectivity index (χ4v) is 3.29. The second-order valence-corrected chi connectivity index (χ2v) is 6.64. The highest BCUT2D eigenvalue weighted by atomic mass is 16.4. The van der Waals surface area contributed by atoms with Crippen LogP contribution in [0.4, 0.5) is 0 Å². The molecule has 7 heteroatoms. The van der Waals surface area contributed by atoms with Gasteiger partial charge in [-0.1, -0.05) is 30.3 Å². The van der Waals surface area contributed by atoms with Crippen LogP contribution < -0.4 is 11.2 Å². The maximum Gasteiger partial charge on any atom is 0.335 e. The van der Waals surface area contributed by atoms with E-state index in [0.29, 0.717) is 5.52 Å². The van der Waals surface area contributed by atoms with Gasteiger partial charge in [-0.3, -0.25) is 18.9 Å². The zero-order chi connectivity index (χ0) is 20.4. The van der Waals surface area contributed by atoms with Crippen molar-refractivity contribution in [2.45, 2.75) is 13.1 Å². The predicted octanol–water partition coefficient (Wildman–Crippen LogP) is 2.35. The van der Waals surface area contributed by atoms with Crippen molar-refractivity contribution in [3.05, 3.63) is 111 Å². The summed E-state index contributed by atoms with van der Waals surface area (Å²) in [4.78, 5) is 41.6. The van der Waals surface area contributed by atoms with Crippen molar-refractivity contribution in [3.8, 4) is 0 Å². The summed E-state index contributed by atoms with van der Waals surface area (Å²) in [6, 6.07) is 17.1. The first-order chi connectivity index (χ1) is 14.0. The molecule has 0 radical (unpaired) electrons. The lowest BCUT2D eigenvalue weighted by Gasteiger charge is -2.15. The van der Waals surface area contributed by atoms with Gasteiger partial charge in [0, 0.05) is 12.4 Å².